The zero-order valence-electron chi connectivity index (χ0n) is 16.2. The quantitative estimate of drug-likeness (QED) is 0.461. The maximum absolute atomic E-state index is 12.5. The zero-order valence-corrected chi connectivity index (χ0v) is 16.2. The van der Waals surface area contributed by atoms with Gasteiger partial charge in [-0.1, -0.05) is 12.1 Å². The maximum Gasteiger partial charge on any atom is 0.311 e. The van der Waals surface area contributed by atoms with Crippen LogP contribution in [0.15, 0.2) is 52.9 Å². The molecule has 2 aromatic carbocycles. The molecule has 0 atom stereocenters. The average Bonchev–Trinajstić information content (AvgIpc) is 3.16. The number of carbonyl (C=O) groups excluding carboxylic acids is 1. The number of benzene rings is 2. The van der Waals surface area contributed by atoms with E-state index in [0.29, 0.717) is 17.2 Å². The van der Waals surface area contributed by atoms with Crippen LogP contribution in [0.2, 0.25) is 0 Å². The molecular weight excluding hydrogens is 376 g/mol. The summed E-state index contributed by atoms with van der Waals surface area (Å²) in [4.78, 5) is 23.1. The molecule has 0 saturated heterocycles. The molecule has 0 radical (unpaired) electrons. The number of rotatable bonds is 7. The number of nitro groups is 1. The van der Waals surface area contributed by atoms with E-state index in [1.54, 1.807) is 31.2 Å². The Balaban J connectivity index is 1.69. The summed E-state index contributed by atoms with van der Waals surface area (Å²) in [6, 6.07) is 13.2. The molecular formula is C21H20N2O6. The van der Waals surface area contributed by atoms with Gasteiger partial charge in [-0.25, -0.2) is 0 Å². The number of hydrogen-bond acceptors (Lipinski definition) is 6. The van der Waals surface area contributed by atoms with Gasteiger partial charge in [-0.05, 0) is 55.3 Å². The molecule has 3 aromatic rings. The van der Waals surface area contributed by atoms with Crippen molar-refractivity contribution in [2.45, 2.75) is 20.5 Å². The first-order chi connectivity index (χ1) is 13.9. The third-order valence-corrected chi connectivity index (χ3v) is 4.17. The van der Waals surface area contributed by atoms with Crippen LogP contribution >= 0.6 is 0 Å². The highest BCUT2D eigenvalue weighted by Crippen LogP contribution is 2.29. The number of hydrogen-bond donors (Lipinski definition) is 1. The first kappa shape index (κ1) is 19.9. The van der Waals surface area contributed by atoms with Crippen molar-refractivity contribution in [3.63, 3.8) is 0 Å². The van der Waals surface area contributed by atoms with Gasteiger partial charge < -0.3 is 19.2 Å². The molecule has 0 unspecified atom stereocenters. The van der Waals surface area contributed by atoms with Gasteiger partial charge in [-0.2, -0.15) is 0 Å². The predicted molar refractivity (Wildman–Crippen MR) is 107 cm³/mol. The number of aryl methyl sites for hydroxylation is 2. The lowest BCUT2D eigenvalue weighted by Gasteiger charge is -2.10. The van der Waals surface area contributed by atoms with Gasteiger partial charge >= 0.3 is 5.69 Å². The van der Waals surface area contributed by atoms with Crippen LogP contribution in [0, 0.1) is 24.0 Å². The lowest BCUT2D eigenvalue weighted by atomic mass is 10.2. The molecule has 0 saturated carbocycles. The number of anilines is 1. The Morgan fingerprint density at radius 2 is 1.76 bits per heavy atom. The summed E-state index contributed by atoms with van der Waals surface area (Å²) in [6.45, 7) is 3.62. The van der Waals surface area contributed by atoms with E-state index in [-0.39, 0.29) is 23.8 Å². The van der Waals surface area contributed by atoms with E-state index in [4.69, 9.17) is 13.9 Å². The summed E-state index contributed by atoms with van der Waals surface area (Å²) in [6.07, 6.45) is 0. The number of nitrogens with one attached hydrogen (secondary N) is 1. The van der Waals surface area contributed by atoms with Gasteiger partial charge in [0.05, 0.1) is 17.7 Å². The molecule has 8 nitrogen and oxygen atoms in total. The van der Waals surface area contributed by atoms with Crippen LogP contribution in [0.4, 0.5) is 11.4 Å². The second-order valence-electron chi connectivity index (χ2n) is 6.44. The summed E-state index contributed by atoms with van der Waals surface area (Å²) in [7, 11) is 1.52. The molecule has 0 spiro atoms. The summed E-state index contributed by atoms with van der Waals surface area (Å²) in [5.74, 6) is 0.673. The fourth-order valence-electron chi connectivity index (χ4n) is 2.72. The molecule has 1 aromatic heterocycles. The van der Waals surface area contributed by atoms with E-state index in [1.807, 2.05) is 13.0 Å². The Kier molecular flexibility index (Phi) is 5.82. The molecule has 150 valence electrons. The van der Waals surface area contributed by atoms with Crippen molar-refractivity contribution in [2.75, 3.05) is 12.4 Å². The molecule has 8 heteroatoms. The topological polar surface area (TPSA) is 104 Å². The number of nitro benzene ring substituents is 1. The molecule has 1 N–H and O–H groups in total. The molecule has 0 aliphatic carbocycles. The normalized spacial score (nSPS) is 10.4. The minimum Gasteiger partial charge on any atom is -0.495 e. The average molecular weight is 396 g/mol. The van der Waals surface area contributed by atoms with Gasteiger partial charge in [0.1, 0.15) is 18.1 Å². The summed E-state index contributed by atoms with van der Waals surface area (Å²) < 4.78 is 16.3. The number of furan rings is 1. The molecule has 3 rings (SSSR count). The minimum absolute atomic E-state index is 0.0506. The minimum atomic E-state index is -0.501. The van der Waals surface area contributed by atoms with Gasteiger partial charge in [-0.15, -0.1) is 0 Å². The van der Waals surface area contributed by atoms with E-state index in [1.165, 1.54) is 25.3 Å². The first-order valence-electron chi connectivity index (χ1n) is 8.80. The highest BCUT2D eigenvalue weighted by molar-refractivity contribution is 6.03. The highest BCUT2D eigenvalue weighted by atomic mass is 16.6. The van der Waals surface area contributed by atoms with E-state index in [9.17, 15) is 14.9 Å². The van der Waals surface area contributed by atoms with Crippen LogP contribution < -0.4 is 14.8 Å². The van der Waals surface area contributed by atoms with E-state index >= 15 is 0 Å². The number of ether oxygens (including phenoxy) is 2. The number of nitrogens with zero attached hydrogens (tertiary/aromatic N) is 1. The van der Waals surface area contributed by atoms with Crippen LogP contribution in [-0.2, 0) is 6.61 Å². The number of methoxy groups -OCH3 is 1. The monoisotopic (exact) mass is 396 g/mol. The van der Waals surface area contributed by atoms with Crippen molar-refractivity contribution in [1.82, 2.24) is 0 Å². The Hall–Kier alpha value is -3.81. The highest BCUT2D eigenvalue weighted by Gasteiger charge is 2.17. The molecule has 0 fully saturated rings. The summed E-state index contributed by atoms with van der Waals surface area (Å²) in [5.41, 5.74) is 2.13. The van der Waals surface area contributed by atoms with Crippen LogP contribution in [0.3, 0.4) is 0 Å². The van der Waals surface area contributed by atoms with Crippen LogP contribution in [0.25, 0.3) is 0 Å². The van der Waals surface area contributed by atoms with Gasteiger partial charge in [0, 0.05) is 6.07 Å². The largest absolute Gasteiger partial charge is 0.495 e. The zero-order chi connectivity index (χ0) is 21.0. The van der Waals surface area contributed by atoms with Crippen molar-refractivity contribution in [3.05, 3.63) is 81.3 Å². The van der Waals surface area contributed by atoms with E-state index < -0.39 is 10.8 Å². The van der Waals surface area contributed by atoms with Gasteiger partial charge in [0.25, 0.3) is 5.91 Å². The molecule has 29 heavy (non-hydrogen) atoms. The van der Waals surface area contributed by atoms with Gasteiger partial charge in [-0.3, -0.25) is 14.9 Å². The lowest BCUT2D eigenvalue weighted by molar-refractivity contribution is -0.386. The number of amides is 1. The van der Waals surface area contributed by atoms with E-state index in [0.717, 1.165) is 11.1 Å². The Labute approximate surface area is 167 Å². The van der Waals surface area contributed by atoms with Crippen molar-refractivity contribution in [2.24, 2.45) is 0 Å². The number of carbonyl (C=O) groups is 1. The van der Waals surface area contributed by atoms with Crippen LogP contribution in [0.5, 0.6) is 11.5 Å². The second-order valence-corrected chi connectivity index (χ2v) is 6.44. The van der Waals surface area contributed by atoms with Gasteiger partial charge in [0.15, 0.2) is 11.5 Å². The third kappa shape index (κ3) is 4.73. The van der Waals surface area contributed by atoms with Crippen molar-refractivity contribution in [3.8, 4) is 11.5 Å². The molecule has 1 amide bonds. The fraction of sp³-hybridized carbons (Fsp3) is 0.190. The molecule has 0 aliphatic rings. The Bertz CT molecular complexity index is 1060. The predicted octanol–water partition coefficient (Wildman–Crippen LogP) is 4.64. The standard InChI is InChI=1S/C21H20N2O6/c1-13-4-7-18(27-3)16(10-13)22-21(24)20-9-6-15(29-20)12-28-19-8-5-14(2)11-17(19)23(25)26/h4-11H,12H2,1-3H3,(H,22,24). The van der Waals surface area contributed by atoms with Crippen LogP contribution in [0.1, 0.15) is 27.4 Å². The third-order valence-electron chi connectivity index (χ3n) is 4.17. The van der Waals surface area contributed by atoms with E-state index in [2.05, 4.69) is 5.32 Å². The summed E-state index contributed by atoms with van der Waals surface area (Å²) in [5, 5.41) is 13.9. The molecule has 0 aliphatic heterocycles. The Morgan fingerprint density at radius 3 is 2.45 bits per heavy atom. The smallest absolute Gasteiger partial charge is 0.311 e. The van der Waals surface area contributed by atoms with Crippen LogP contribution in [-0.4, -0.2) is 17.9 Å². The first-order valence-corrected chi connectivity index (χ1v) is 8.80. The summed E-state index contributed by atoms with van der Waals surface area (Å²) >= 11 is 0. The molecule has 1 heterocycles. The Morgan fingerprint density at radius 1 is 1.07 bits per heavy atom. The fourth-order valence-corrected chi connectivity index (χ4v) is 2.72. The maximum atomic E-state index is 12.5. The second kappa shape index (κ2) is 8.47. The van der Waals surface area contributed by atoms with Crippen molar-refractivity contribution < 1.29 is 23.6 Å². The molecule has 0 bridgehead atoms. The van der Waals surface area contributed by atoms with Gasteiger partial charge in [0.2, 0.25) is 0 Å². The van der Waals surface area contributed by atoms with Crippen molar-refractivity contribution >= 4 is 17.3 Å². The lowest BCUT2D eigenvalue weighted by Crippen LogP contribution is -2.12. The van der Waals surface area contributed by atoms with Crippen molar-refractivity contribution in [1.29, 1.82) is 0 Å². The SMILES string of the molecule is COc1ccc(C)cc1NC(=O)c1ccc(COc2ccc(C)cc2[N+](=O)[O-])o1.